The first kappa shape index (κ1) is 9.26. The molecule has 76 valence electrons. The van der Waals surface area contributed by atoms with Crippen LogP contribution < -0.4 is 4.74 Å². The third kappa shape index (κ3) is 1.31. The lowest BCUT2D eigenvalue weighted by Gasteiger charge is -2.11. The topological polar surface area (TPSA) is 42.4 Å². The molecule has 0 fully saturated rings. The largest absolute Gasteiger partial charge is 0.474 e. The van der Waals surface area contributed by atoms with Gasteiger partial charge in [-0.2, -0.15) is 13.2 Å². The SMILES string of the molecule is OC1COc2nccc(C(F)(F)F)c21. The number of hydrogen-bond acceptors (Lipinski definition) is 3. The van der Waals surface area contributed by atoms with E-state index in [2.05, 4.69) is 4.98 Å². The molecule has 1 atom stereocenters. The fourth-order valence-electron chi connectivity index (χ4n) is 1.38. The second-order valence-electron chi connectivity index (χ2n) is 2.90. The van der Waals surface area contributed by atoms with E-state index in [-0.39, 0.29) is 18.1 Å². The first-order chi connectivity index (χ1) is 6.50. The Balaban J connectivity index is 2.58. The Hall–Kier alpha value is -1.30. The third-order valence-corrected chi connectivity index (χ3v) is 1.97. The molecule has 3 nitrogen and oxygen atoms in total. The maximum absolute atomic E-state index is 12.4. The average molecular weight is 205 g/mol. The zero-order valence-electron chi connectivity index (χ0n) is 6.88. The number of halogens is 3. The van der Waals surface area contributed by atoms with E-state index in [1.807, 2.05) is 0 Å². The average Bonchev–Trinajstić information content (AvgIpc) is 2.46. The number of aromatic nitrogens is 1. The Morgan fingerprint density at radius 2 is 2.21 bits per heavy atom. The Bertz CT molecular complexity index is 364. The molecule has 1 aliphatic rings. The van der Waals surface area contributed by atoms with Crippen LogP contribution in [0.1, 0.15) is 17.2 Å². The highest BCUT2D eigenvalue weighted by Crippen LogP contribution is 2.40. The van der Waals surface area contributed by atoms with Crippen molar-refractivity contribution in [2.24, 2.45) is 0 Å². The molecule has 0 radical (unpaired) electrons. The van der Waals surface area contributed by atoms with E-state index in [4.69, 9.17) is 4.74 Å². The van der Waals surface area contributed by atoms with E-state index in [0.29, 0.717) is 0 Å². The molecular weight excluding hydrogens is 199 g/mol. The molecule has 0 aliphatic carbocycles. The molecule has 1 N–H and O–H groups in total. The van der Waals surface area contributed by atoms with Crippen LogP contribution in [-0.4, -0.2) is 16.7 Å². The molecule has 0 saturated carbocycles. The molecule has 1 aliphatic heterocycles. The molecule has 6 heteroatoms. The summed E-state index contributed by atoms with van der Waals surface area (Å²) in [6, 6.07) is 0.830. The van der Waals surface area contributed by atoms with Crippen molar-refractivity contribution in [2.75, 3.05) is 6.61 Å². The molecule has 2 heterocycles. The molecule has 14 heavy (non-hydrogen) atoms. The smallest absolute Gasteiger partial charge is 0.417 e. The Kier molecular flexibility index (Phi) is 1.88. The molecular formula is C8H6F3NO2. The molecule has 0 amide bonds. The van der Waals surface area contributed by atoms with Gasteiger partial charge in [0.1, 0.15) is 12.7 Å². The van der Waals surface area contributed by atoms with E-state index in [1.54, 1.807) is 0 Å². The van der Waals surface area contributed by atoms with Gasteiger partial charge in [-0.15, -0.1) is 0 Å². The van der Waals surface area contributed by atoms with Crippen LogP contribution in [-0.2, 0) is 6.18 Å². The van der Waals surface area contributed by atoms with E-state index in [0.717, 1.165) is 12.3 Å². The van der Waals surface area contributed by atoms with Gasteiger partial charge in [-0.25, -0.2) is 4.98 Å². The van der Waals surface area contributed by atoms with Crippen molar-refractivity contribution in [3.8, 4) is 5.88 Å². The van der Waals surface area contributed by atoms with Gasteiger partial charge in [-0.3, -0.25) is 0 Å². The Labute approximate surface area is 77.1 Å². The lowest BCUT2D eigenvalue weighted by Crippen LogP contribution is -2.10. The van der Waals surface area contributed by atoms with Crippen LogP contribution in [0.5, 0.6) is 5.88 Å². The van der Waals surface area contributed by atoms with Gasteiger partial charge in [0.25, 0.3) is 0 Å². The number of pyridine rings is 1. The highest BCUT2D eigenvalue weighted by molar-refractivity contribution is 5.40. The van der Waals surface area contributed by atoms with Gasteiger partial charge in [0.2, 0.25) is 5.88 Å². The van der Waals surface area contributed by atoms with Crippen LogP contribution >= 0.6 is 0 Å². The third-order valence-electron chi connectivity index (χ3n) is 1.97. The minimum absolute atomic E-state index is 0.132. The van der Waals surface area contributed by atoms with Crippen LogP contribution in [0.4, 0.5) is 13.2 Å². The zero-order chi connectivity index (χ0) is 10.3. The van der Waals surface area contributed by atoms with Crippen LogP contribution in [0, 0.1) is 0 Å². The van der Waals surface area contributed by atoms with Crippen LogP contribution in [0.25, 0.3) is 0 Å². The number of rotatable bonds is 0. The van der Waals surface area contributed by atoms with Gasteiger partial charge >= 0.3 is 6.18 Å². The summed E-state index contributed by atoms with van der Waals surface area (Å²) in [5.74, 6) is -0.132. The van der Waals surface area contributed by atoms with Gasteiger partial charge in [-0.1, -0.05) is 0 Å². The second-order valence-corrected chi connectivity index (χ2v) is 2.90. The number of fused-ring (bicyclic) bond motifs is 1. The van der Waals surface area contributed by atoms with Crippen molar-refractivity contribution in [2.45, 2.75) is 12.3 Å². The summed E-state index contributed by atoms with van der Waals surface area (Å²) in [6.07, 6.45) is -4.71. The van der Waals surface area contributed by atoms with Crippen molar-refractivity contribution >= 4 is 0 Å². The van der Waals surface area contributed by atoms with Gasteiger partial charge in [0.05, 0.1) is 11.1 Å². The summed E-state index contributed by atoms with van der Waals surface area (Å²) in [7, 11) is 0. The second kappa shape index (κ2) is 2.84. The first-order valence-electron chi connectivity index (χ1n) is 3.87. The number of aliphatic hydroxyl groups excluding tert-OH is 1. The maximum Gasteiger partial charge on any atom is 0.417 e. The standard InChI is InChI=1S/C8H6F3NO2/c9-8(10,11)4-1-2-12-7-6(4)5(13)3-14-7/h1-2,5,13H,3H2. The van der Waals surface area contributed by atoms with Crippen LogP contribution in [0.15, 0.2) is 12.3 Å². The molecule has 0 aromatic carbocycles. The van der Waals surface area contributed by atoms with Gasteiger partial charge < -0.3 is 9.84 Å². The molecule has 1 unspecified atom stereocenters. The summed E-state index contributed by atoms with van der Waals surface area (Å²) in [4.78, 5) is 3.60. The Morgan fingerprint density at radius 1 is 1.50 bits per heavy atom. The van der Waals surface area contributed by atoms with Gasteiger partial charge in [0.15, 0.2) is 0 Å². The highest BCUT2D eigenvalue weighted by Gasteiger charge is 2.39. The molecule has 1 aromatic heterocycles. The lowest BCUT2D eigenvalue weighted by atomic mass is 10.1. The zero-order valence-corrected chi connectivity index (χ0v) is 6.88. The monoisotopic (exact) mass is 205 g/mol. The fraction of sp³-hybridized carbons (Fsp3) is 0.375. The van der Waals surface area contributed by atoms with Crippen LogP contribution in [0.3, 0.4) is 0 Å². The van der Waals surface area contributed by atoms with E-state index in [1.165, 1.54) is 0 Å². The van der Waals surface area contributed by atoms with E-state index in [9.17, 15) is 18.3 Å². The van der Waals surface area contributed by atoms with E-state index >= 15 is 0 Å². The van der Waals surface area contributed by atoms with Crippen LogP contribution in [0.2, 0.25) is 0 Å². The molecule has 0 saturated heterocycles. The lowest BCUT2D eigenvalue weighted by molar-refractivity contribution is -0.139. The van der Waals surface area contributed by atoms with Gasteiger partial charge in [-0.05, 0) is 6.07 Å². The number of alkyl halides is 3. The molecule has 2 rings (SSSR count). The maximum atomic E-state index is 12.4. The molecule has 1 aromatic rings. The summed E-state index contributed by atoms with van der Waals surface area (Å²) in [6.45, 7) is -0.171. The predicted octanol–water partition coefficient (Wildman–Crippen LogP) is 1.53. The number of nitrogens with zero attached hydrogens (tertiary/aromatic N) is 1. The normalized spacial score (nSPS) is 20.4. The van der Waals surface area contributed by atoms with Crippen molar-refractivity contribution in [3.05, 3.63) is 23.4 Å². The Morgan fingerprint density at radius 3 is 2.86 bits per heavy atom. The first-order valence-corrected chi connectivity index (χ1v) is 3.87. The van der Waals surface area contributed by atoms with Crippen molar-refractivity contribution in [3.63, 3.8) is 0 Å². The number of aliphatic hydroxyl groups is 1. The highest BCUT2D eigenvalue weighted by atomic mass is 19.4. The minimum Gasteiger partial charge on any atom is -0.474 e. The summed E-state index contributed by atoms with van der Waals surface area (Å²) in [5.41, 5.74) is -1.15. The minimum atomic E-state index is -4.48. The summed E-state index contributed by atoms with van der Waals surface area (Å²) in [5, 5.41) is 9.26. The fourth-order valence-corrected chi connectivity index (χ4v) is 1.38. The molecule has 0 spiro atoms. The number of hydrogen-bond donors (Lipinski definition) is 1. The summed E-state index contributed by atoms with van der Waals surface area (Å²) < 4.78 is 42.1. The summed E-state index contributed by atoms with van der Waals surface area (Å²) >= 11 is 0. The van der Waals surface area contributed by atoms with Crippen molar-refractivity contribution < 1.29 is 23.0 Å². The molecule has 0 bridgehead atoms. The van der Waals surface area contributed by atoms with Crippen molar-refractivity contribution in [1.82, 2.24) is 4.98 Å². The quantitative estimate of drug-likeness (QED) is 0.698. The van der Waals surface area contributed by atoms with Crippen molar-refractivity contribution in [1.29, 1.82) is 0 Å². The number of ether oxygens (including phenoxy) is 1. The van der Waals surface area contributed by atoms with Gasteiger partial charge in [0, 0.05) is 6.20 Å². The van der Waals surface area contributed by atoms with E-state index < -0.39 is 17.8 Å². The predicted molar refractivity (Wildman–Crippen MR) is 39.7 cm³/mol.